The van der Waals surface area contributed by atoms with Gasteiger partial charge in [0.15, 0.2) is 0 Å². The fraction of sp³-hybridized carbons (Fsp3) is 0.571. The van der Waals surface area contributed by atoms with E-state index in [2.05, 4.69) is 18.3 Å². The first-order valence-electron chi connectivity index (χ1n) is 6.48. The average molecular weight is 233 g/mol. The van der Waals surface area contributed by atoms with Crippen molar-refractivity contribution in [2.45, 2.75) is 38.4 Å². The van der Waals surface area contributed by atoms with Crippen molar-refractivity contribution in [2.24, 2.45) is 0 Å². The summed E-state index contributed by atoms with van der Waals surface area (Å²) in [4.78, 5) is 0. The van der Waals surface area contributed by atoms with Crippen molar-refractivity contribution in [1.29, 1.82) is 0 Å². The molecule has 2 heterocycles. The smallest absolute Gasteiger partial charge is 0.123 e. The average Bonchev–Trinajstić information content (AvgIpc) is 2.70. The van der Waals surface area contributed by atoms with E-state index in [4.69, 9.17) is 9.47 Å². The highest BCUT2D eigenvalue weighted by atomic mass is 16.5. The Morgan fingerprint density at radius 2 is 2.35 bits per heavy atom. The van der Waals surface area contributed by atoms with Gasteiger partial charge >= 0.3 is 0 Å². The molecule has 0 aliphatic carbocycles. The normalized spacial score (nSPS) is 27.4. The molecule has 0 bridgehead atoms. The third-order valence-corrected chi connectivity index (χ3v) is 3.42. The van der Waals surface area contributed by atoms with Crippen LogP contribution in [0.1, 0.15) is 25.3 Å². The SMILES string of the molecule is CC1Cc2cc(OC3CCCNC3)ccc2O1. The van der Waals surface area contributed by atoms with Gasteiger partial charge < -0.3 is 14.8 Å². The molecule has 0 aromatic heterocycles. The Hall–Kier alpha value is -1.22. The Morgan fingerprint density at radius 3 is 3.18 bits per heavy atom. The van der Waals surface area contributed by atoms with E-state index in [1.165, 1.54) is 12.0 Å². The summed E-state index contributed by atoms with van der Waals surface area (Å²) in [6.45, 7) is 4.19. The van der Waals surface area contributed by atoms with Crippen molar-refractivity contribution < 1.29 is 9.47 Å². The van der Waals surface area contributed by atoms with Gasteiger partial charge in [-0.2, -0.15) is 0 Å². The maximum atomic E-state index is 6.00. The molecule has 3 nitrogen and oxygen atoms in total. The number of hydrogen-bond donors (Lipinski definition) is 1. The summed E-state index contributed by atoms with van der Waals surface area (Å²) in [5, 5.41) is 3.36. The fourth-order valence-electron chi connectivity index (χ4n) is 2.58. The molecule has 2 aliphatic rings. The Morgan fingerprint density at radius 1 is 1.41 bits per heavy atom. The lowest BCUT2D eigenvalue weighted by atomic mass is 10.1. The summed E-state index contributed by atoms with van der Waals surface area (Å²) >= 11 is 0. The van der Waals surface area contributed by atoms with Crippen LogP contribution in [0.2, 0.25) is 0 Å². The number of benzene rings is 1. The first kappa shape index (κ1) is 10.9. The summed E-state index contributed by atoms with van der Waals surface area (Å²) in [6, 6.07) is 6.18. The summed E-state index contributed by atoms with van der Waals surface area (Å²) in [5.74, 6) is 2.00. The molecule has 1 aromatic rings. The lowest BCUT2D eigenvalue weighted by molar-refractivity contribution is 0.167. The third-order valence-electron chi connectivity index (χ3n) is 3.42. The van der Waals surface area contributed by atoms with Gasteiger partial charge in [-0.05, 0) is 44.5 Å². The van der Waals surface area contributed by atoms with E-state index >= 15 is 0 Å². The van der Waals surface area contributed by atoms with Crippen LogP contribution in [0.25, 0.3) is 0 Å². The zero-order valence-electron chi connectivity index (χ0n) is 10.2. The molecule has 17 heavy (non-hydrogen) atoms. The summed E-state index contributed by atoms with van der Waals surface area (Å²) in [5.41, 5.74) is 1.28. The standard InChI is InChI=1S/C14H19NO2/c1-10-7-11-8-12(4-5-14(11)16-10)17-13-3-2-6-15-9-13/h4-5,8,10,13,15H,2-3,6-7,9H2,1H3. The predicted octanol–water partition coefficient (Wildman–Crippen LogP) is 2.14. The second-order valence-electron chi connectivity index (χ2n) is 4.99. The molecule has 1 fully saturated rings. The van der Waals surface area contributed by atoms with E-state index in [9.17, 15) is 0 Å². The zero-order chi connectivity index (χ0) is 11.7. The van der Waals surface area contributed by atoms with Gasteiger partial charge in [0, 0.05) is 18.5 Å². The first-order chi connectivity index (χ1) is 8.31. The second-order valence-corrected chi connectivity index (χ2v) is 4.99. The van der Waals surface area contributed by atoms with E-state index in [-0.39, 0.29) is 0 Å². The van der Waals surface area contributed by atoms with Crippen LogP contribution in [-0.2, 0) is 6.42 Å². The van der Waals surface area contributed by atoms with Gasteiger partial charge in [0.2, 0.25) is 0 Å². The monoisotopic (exact) mass is 233 g/mol. The van der Waals surface area contributed by atoms with Crippen molar-refractivity contribution in [3.63, 3.8) is 0 Å². The van der Waals surface area contributed by atoms with Gasteiger partial charge in [-0.15, -0.1) is 0 Å². The van der Waals surface area contributed by atoms with Crippen LogP contribution in [0.5, 0.6) is 11.5 Å². The molecular weight excluding hydrogens is 214 g/mol. The maximum Gasteiger partial charge on any atom is 0.123 e. The molecular formula is C14H19NO2. The molecule has 0 saturated carbocycles. The first-order valence-corrected chi connectivity index (χ1v) is 6.48. The molecule has 0 spiro atoms. The number of rotatable bonds is 2. The van der Waals surface area contributed by atoms with Gasteiger partial charge in [0.05, 0.1) is 0 Å². The minimum Gasteiger partial charge on any atom is -0.490 e. The molecule has 92 valence electrons. The van der Waals surface area contributed by atoms with Gasteiger partial charge in [-0.1, -0.05) is 0 Å². The van der Waals surface area contributed by atoms with Gasteiger partial charge in [0.1, 0.15) is 23.7 Å². The Labute approximate surface area is 102 Å². The highest BCUT2D eigenvalue weighted by molar-refractivity contribution is 5.43. The second kappa shape index (κ2) is 4.57. The lowest BCUT2D eigenvalue weighted by Gasteiger charge is -2.24. The van der Waals surface area contributed by atoms with Gasteiger partial charge in [0.25, 0.3) is 0 Å². The summed E-state index contributed by atoms with van der Waals surface area (Å²) in [6.07, 6.45) is 3.97. The number of hydrogen-bond acceptors (Lipinski definition) is 3. The van der Waals surface area contributed by atoms with Crippen LogP contribution in [0.4, 0.5) is 0 Å². The van der Waals surface area contributed by atoms with Crippen LogP contribution in [-0.4, -0.2) is 25.3 Å². The van der Waals surface area contributed by atoms with Crippen LogP contribution in [0.15, 0.2) is 18.2 Å². The molecule has 0 radical (unpaired) electrons. The van der Waals surface area contributed by atoms with E-state index in [0.29, 0.717) is 12.2 Å². The van der Waals surface area contributed by atoms with Crippen molar-refractivity contribution in [3.8, 4) is 11.5 Å². The largest absolute Gasteiger partial charge is 0.490 e. The Bertz CT molecular complexity index is 399. The maximum absolute atomic E-state index is 6.00. The molecule has 3 heteroatoms. The van der Waals surface area contributed by atoms with Crippen molar-refractivity contribution in [1.82, 2.24) is 5.32 Å². The quantitative estimate of drug-likeness (QED) is 0.849. The highest BCUT2D eigenvalue weighted by Gasteiger charge is 2.20. The molecule has 2 unspecified atom stereocenters. The van der Waals surface area contributed by atoms with Gasteiger partial charge in [-0.25, -0.2) is 0 Å². The minimum absolute atomic E-state index is 0.302. The molecule has 3 rings (SSSR count). The van der Waals surface area contributed by atoms with E-state index in [0.717, 1.165) is 37.4 Å². The molecule has 2 aliphatic heterocycles. The zero-order valence-corrected chi connectivity index (χ0v) is 10.2. The third kappa shape index (κ3) is 2.39. The molecule has 0 amide bonds. The Balaban J connectivity index is 1.69. The topological polar surface area (TPSA) is 30.5 Å². The van der Waals surface area contributed by atoms with E-state index in [1.54, 1.807) is 0 Å². The molecule has 1 aromatic carbocycles. The number of nitrogens with one attached hydrogen (secondary N) is 1. The van der Waals surface area contributed by atoms with Gasteiger partial charge in [-0.3, -0.25) is 0 Å². The van der Waals surface area contributed by atoms with E-state index in [1.807, 2.05) is 12.1 Å². The fourth-order valence-corrected chi connectivity index (χ4v) is 2.58. The number of fused-ring (bicyclic) bond motifs is 1. The summed E-state index contributed by atoms with van der Waals surface area (Å²) < 4.78 is 11.7. The number of ether oxygens (including phenoxy) is 2. The Kier molecular flexibility index (Phi) is 2.93. The predicted molar refractivity (Wildman–Crippen MR) is 66.8 cm³/mol. The molecule has 1 N–H and O–H groups in total. The van der Waals surface area contributed by atoms with Crippen LogP contribution < -0.4 is 14.8 Å². The summed E-state index contributed by atoms with van der Waals surface area (Å²) in [7, 11) is 0. The molecule has 2 atom stereocenters. The van der Waals surface area contributed by atoms with Crippen LogP contribution >= 0.6 is 0 Å². The highest BCUT2D eigenvalue weighted by Crippen LogP contribution is 2.32. The van der Waals surface area contributed by atoms with E-state index < -0.39 is 0 Å². The van der Waals surface area contributed by atoms with Crippen LogP contribution in [0.3, 0.4) is 0 Å². The van der Waals surface area contributed by atoms with Crippen molar-refractivity contribution >= 4 is 0 Å². The van der Waals surface area contributed by atoms with Crippen molar-refractivity contribution in [3.05, 3.63) is 23.8 Å². The lowest BCUT2D eigenvalue weighted by Crippen LogP contribution is -2.37. The molecule has 1 saturated heterocycles. The van der Waals surface area contributed by atoms with Crippen LogP contribution in [0, 0.1) is 0 Å². The number of piperidine rings is 1. The minimum atomic E-state index is 0.302. The van der Waals surface area contributed by atoms with Crippen molar-refractivity contribution in [2.75, 3.05) is 13.1 Å².